The number of aromatic nitrogens is 4. The topological polar surface area (TPSA) is 113 Å². The minimum Gasteiger partial charge on any atom is -0.354 e. The van der Waals surface area contributed by atoms with Crippen molar-refractivity contribution in [3.8, 4) is 0 Å². The first-order valence-electron chi connectivity index (χ1n) is 7.98. The molecule has 1 amide bonds. The number of nitrogens with one attached hydrogen (secondary N) is 3. The lowest BCUT2D eigenvalue weighted by Crippen LogP contribution is -2.29. The van der Waals surface area contributed by atoms with E-state index in [1.807, 2.05) is 6.07 Å². The fourth-order valence-corrected chi connectivity index (χ4v) is 2.34. The van der Waals surface area contributed by atoms with E-state index in [0.29, 0.717) is 42.2 Å². The number of anilines is 1. The van der Waals surface area contributed by atoms with Gasteiger partial charge in [0.1, 0.15) is 5.82 Å². The molecule has 0 aliphatic carbocycles. The van der Waals surface area contributed by atoms with E-state index in [2.05, 4.69) is 30.6 Å². The first-order valence-corrected chi connectivity index (χ1v) is 7.98. The zero-order valence-electron chi connectivity index (χ0n) is 13.5. The molecule has 0 fully saturated rings. The van der Waals surface area contributed by atoms with Crippen LogP contribution < -0.4 is 16.2 Å². The van der Waals surface area contributed by atoms with Crippen molar-refractivity contribution >= 4 is 22.8 Å². The van der Waals surface area contributed by atoms with Crippen molar-refractivity contribution in [2.45, 2.75) is 12.8 Å². The highest BCUT2D eigenvalue weighted by atomic mass is 16.1. The van der Waals surface area contributed by atoms with E-state index in [9.17, 15) is 9.59 Å². The molecular formula is C17H18N6O2. The Morgan fingerprint density at radius 2 is 1.88 bits per heavy atom. The molecule has 128 valence electrons. The molecule has 0 saturated carbocycles. The van der Waals surface area contributed by atoms with E-state index in [1.54, 1.807) is 36.7 Å². The lowest BCUT2D eigenvalue weighted by atomic mass is 10.2. The third kappa shape index (κ3) is 4.60. The van der Waals surface area contributed by atoms with Crippen LogP contribution in [0.2, 0.25) is 0 Å². The number of fused-ring (bicyclic) bond motifs is 1. The summed E-state index contributed by atoms with van der Waals surface area (Å²) < 4.78 is 0. The van der Waals surface area contributed by atoms with Gasteiger partial charge in [0.2, 0.25) is 11.9 Å². The molecule has 3 rings (SSSR count). The maximum atomic E-state index is 12.0. The lowest BCUT2D eigenvalue weighted by Gasteiger charge is -2.07. The minimum absolute atomic E-state index is 0.105. The normalized spacial score (nSPS) is 10.6. The van der Waals surface area contributed by atoms with Gasteiger partial charge in [-0.25, -0.2) is 15.0 Å². The molecule has 0 atom stereocenters. The monoisotopic (exact) mass is 338 g/mol. The number of aromatic amines is 1. The third-order valence-corrected chi connectivity index (χ3v) is 3.55. The quantitative estimate of drug-likeness (QED) is 0.551. The molecule has 0 bridgehead atoms. The highest BCUT2D eigenvalue weighted by Crippen LogP contribution is 2.06. The molecule has 0 radical (unpaired) electrons. The Kier molecular flexibility index (Phi) is 5.30. The Morgan fingerprint density at radius 3 is 2.72 bits per heavy atom. The summed E-state index contributed by atoms with van der Waals surface area (Å²) in [6, 6.07) is 8.86. The van der Waals surface area contributed by atoms with Crippen LogP contribution in [0.15, 0.2) is 47.5 Å². The molecule has 8 heteroatoms. The molecule has 0 spiro atoms. The van der Waals surface area contributed by atoms with E-state index in [0.717, 1.165) is 0 Å². The van der Waals surface area contributed by atoms with Crippen molar-refractivity contribution in [2.24, 2.45) is 0 Å². The highest BCUT2D eigenvalue weighted by Gasteiger charge is 2.06. The van der Waals surface area contributed by atoms with E-state index in [-0.39, 0.29) is 17.9 Å². The molecule has 0 aliphatic heterocycles. The Morgan fingerprint density at radius 1 is 1.08 bits per heavy atom. The summed E-state index contributed by atoms with van der Waals surface area (Å²) in [6.07, 6.45) is 3.92. The molecule has 8 nitrogen and oxygen atoms in total. The number of H-pyrrole nitrogens is 1. The highest BCUT2D eigenvalue weighted by molar-refractivity contribution is 5.78. The molecule has 2 aromatic heterocycles. The van der Waals surface area contributed by atoms with Crippen molar-refractivity contribution < 1.29 is 4.79 Å². The number of nitrogens with zero attached hydrogens (tertiary/aromatic N) is 3. The summed E-state index contributed by atoms with van der Waals surface area (Å²) in [5.74, 6) is 0.927. The van der Waals surface area contributed by atoms with E-state index in [4.69, 9.17) is 0 Å². The van der Waals surface area contributed by atoms with Gasteiger partial charge in [-0.2, -0.15) is 0 Å². The van der Waals surface area contributed by atoms with Crippen LogP contribution in [0, 0.1) is 0 Å². The Balaban J connectivity index is 1.45. The van der Waals surface area contributed by atoms with Gasteiger partial charge in [-0.3, -0.25) is 9.59 Å². The van der Waals surface area contributed by atoms with Crippen LogP contribution >= 0.6 is 0 Å². The van der Waals surface area contributed by atoms with Gasteiger partial charge in [-0.1, -0.05) is 12.1 Å². The van der Waals surface area contributed by atoms with Gasteiger partial charge in [0.15, 0.2) is 0 Å². The Hall–Kier alpha value is -3.29. The number of hydrogen-bond donors (Lipinski definition) is 3. The number of benzene rings is 1. The average Bonchev–Trinajstić information content (AvgIpc) is 2.64. The van der Waals surface area contributed by atoms with Crippen molar-refractivity contribution in [1.29, 1.82) is 0 Å². The number of hydrogen-bond acceptors (Lipinski definition) is 6. The summed E-state index contributed by atoms with van der Waals surface area (Å²) in [6.45, 7) is 0.986. The predicted octanol–water partition coefficient (Wildman–Crippen LogP) is 0.874. The third-order valence-electron chi connectivity index (χ3n) is 3.55. The lowest BCUT2D eigenvalue weighted by molar-refractivity contribution is -0.121. The second-order valence-electron chi connectivity index (χ2n) is 5.38. The molecule has 1 aromatic carbocycles. The minimum atomic E-state index is -0.187. The second kappa shape index (κ2) is 8.00. The smallest absolute Gasteiger partial charge is 0.258 e. The zero-order valence-corrected chi connectivity index (χ0v) is 13.5. The summed E-state index contributed by atoms with van der Waals surface area (Å²) >= 11 is 0. The summed E-state index contributed by atoms with van der Waals surface area (Å²) in [5, 5.41) is 6.35. The maximum Gasteiger partial charge on any atom is 0.258 e. The van der Waals surface area contributed by atoms with E-state index >= 15 is 0 Å². The van der Waals surface area contributed by atoms with Gasteiger partial charge < -0.3 is 15.6 Å². The second-order valence-corrected chi connectivity index (χ2v) is 5.38. The van der Waals surface area contributed by atoms with Gasteiger partial charge in [-0.05, 0) is 18.2 Å². The molecule has 25 heavy (non-hydrogen) atoms. The van der Waals surface area contributed by atoms with Crippen molar-refractivity contribution in [1.82, 2.24) is 25.3 Å². The summed E-state index contributed by atoms with van der Waals surface area (Å²) in [7, 11) is 0. The van der Waals surface area contributed by atoms with Crippen LogP contribution in [0.4, 0.5) is 5.95 Å². The average molecular weight is 338 g/mol. The number of para-hydroxylation sites is 1. The molecule has 0 unspecified atom stereocenters. The number of amides is 1. The van der Waals surface area contributed by atoms with Crippen LogP contribution in [-0.4, -0.2) is 38.9 Å². The van der Waals surface area contributed by atoms with Crippen LogP contribution in [0.1, 0.15) is 12.2 Å². The number of rotatable bonds is 7. The SMILES string of the molecule is O=C(CCc1nc2ccccc2c(=O)[nH]1)NCCNc1ncccn1. The first-order chi connectivity index (χ1) is 12.2. The van der Waals surface area contributed by atoms with Crippen LogP contribution in [0.5, 0.6) is 0 Å². The molecule has 2 heterocycles. The van der Waals surface area contributed by atoms with Gasteiger partial charge >= 0.3 is 0 Å². The summed E-state index contributed by atoms with van der Waals surface area (Å²) in [4.78, 5) is 39.0. The standard InChI is InChI=1S/C17H18N6O2/c24-15(18-10-11-21-17-19-8-3-9-20-17)7-6-14-22-13-5-2-1-4-12(13)16(25)23-14/h1-5,8-9H,6-7,10-11H2,(H,18,24)(H,19,20,21)(H,22,23,25). The van der Waals surface area contributed by atoms with Gasteiger partial charge in [0.25, 0.3) is 5.56 Å². The van der Waals surface area contributed by atoms with E-state index < -0.39 is 0 Å². The summed E-state index contributed by atoms with van der Waals surface area (Å²) in [5.41, 5.74) is 0.446. The number of aryl methyl sites for hydroxylation is 1. The predicted molar refractivity (Wildman–Crippen MR) is 94.2 cm³/mol. The van der Waals surface area contributed by atoms with Crippen molar-refractivity contribution in [3.05, 3.63) is 58.9 Å². The van der Waals surface area contributed by atoms with Gasteiger partial charge in [-0.15, -0.1) is 0 Å². The van der Waals surface area contributed by atoms with Gasteiger partial charge in [0.05, 0.1) is 10.9 Å². The largest absolute Gasteiger partial charge is 0.354 e. The molecule has 3 aromatic rings. The number of carbonyl (C=O) groups is 1. The van der Waals surface area contributed by atoms with Gasteiger partial charge in [0, 0.05) is 38.3 Å². The molecular weight excluding hydrogens is 320 g/mol. The fraction of sp³-hybridized carbons (Fsp3) is 0.235. The van der Waals surface area contributed by atoms with Crippen LogP contribution in [0.25, 0.3) is 10.9 Å². The molecule has 3 N–H and O–H groups in total. The van der Waals surface area contributed by atoms with E-state index in [1.165, 1.54) is 0 Å². The fourth-order valence-electron chi connectivity index (χ4n) is 2.34. The van der Waals surface area contributed by atoms with Crippen molar-refractivity contribution in [2.75, 3.05) is 18.4 Å². The maximum absolute atomic E-state index is 12.0. The van der Waals surface area contributed by atoms with Crippen LogP contribution in [0.3, 0.4) is 0 Å². The zero-order chi connectivity index (χ0) is 17.5. The molecule has 0 saturated heterocycles. The van der Waals surface area contributed by atoms with Crippen molar-refractivity contribution in [3.63, 3.8) is 0 Å². The van der Waals surface area contributed by atoms with Crippen LogP contribution in [-0.2, 0) is 11.2 Å². The number of carbonyl (C=O) groups excluding carboxylic acids is 1. The Labute approximate surface area is 143 Å². The Bertz CT molecular complexity index is 910. The molecule has 0 aliphatic rings. The first kappa shape index (κ1) is 16.6.